The molecule has 2 aromatic rings. The summed E-state index contributed by atoms with van der Waals surface area (Å²) in [6.07, 6.45) is 3.69. The minimum atomic E-state index is -0.0423. The van der Waals surface area contributed by atoms with E-state index >= 15 is 0 Å². The van der Waals surface area contributed by atoms with Crippen molar-refractivity contribution in [3.8, 4) is 0 Å². The third kappa shape index (κ3) is 2.75. The van der Waals surface area contributed by atoms with E-state index < -0.39 is 0 Å². The zero-order chi connectivity index (χ0) is 12.3. The molecule has 0 aliphatic carbocycles. The Kier molecular flexibility index (Phi) is 3.28. The van der Waals surface area contributed by atoms with Crippen LogP contribution < -0.4 is 0 Å². The molecule has 0 bridgehead atoms. The van der Waals surface area contributed by atoms with Crippen LogP contribution >= 0.6 is 0 Å². The van der Waals surface area contributed by atoms with Crippen molar-refractivity contribution in [2.24, 2.45) is 0 Å². The third-order valence-corrected chi connectivity index (χ3v) is 2.64. The summed E-state index contributed by atoms with van der Waals surface area (Å²) in [5.74, 6) is 0.248. The summed E-state index contributed by atoms with van der Waals surface area (Å²) in [5, 5.41) is 0. The molecule has 3 heteroatoms. The summed E-state index contributed by atoms with van der Waals surface area (Å²) in [5.41, 5.74) is 3.10. The molecule has 0 N–H and O–H groups in total. The van der Waals surface area contributed by atoms with Crippen LogP contribution in [0.25, 0.3) is 0 Å². The lowest BCUT2D eigenvalue weighted by Gasteiger charge is -2.03. The quantitative estimate of drug-likeness (QED) is 0.755. The van der Waals surface area contributed by atoms with E-state index in [1.54, 1.807) is 12.4 Å². The van der Waals surface area contributed by atoms with Crippen molar-refractivity contribution in [1.29, 1.82) is 0 Å². The van der Waals surface area contributed by atoms with Gasteiger partial charge in [0.05, 0.1) is 0 Å². The van der Waals surface area contributed by atoms with Crippen LogP contribution in [0.3, 0.4) is 0 Å². The van der Waals surface area contributed by atoms with Gasteiger partial charge in [0, 0.05) is 18.8 Å². The first-order valence-corrected chi connectivity index (χ1v) is 5.53. The van der Waals surface area contributed by atoms with E-state index in [9.17, 15) is 4.79 Å². The Morgan fingerprint density at radius 2 is 1.76 bits per heavy atom. The van der Waals surface area contributed by atoms with Crippen LogP contribution in [-0.4, -0.2) is 15.8 Å². The molecule has 17 heavy (non-hydrogen) atoms. The second-order valence-corrected chi connectivity index (χ2v) is 4.11. The topological polar surface area (TPSA) is 42.9 Å². The number of benzene rings is 1. The summed E-state index contributed by atoms with van der Waals surface area (Å²) in [7, 11) is 0. The van der Waals surface area contributed by atoms with Gasteiger partial charge in [-0.1, -0.05) is 24.3 Å². The Bertz CT molecular complexity index is 532. The first kappa shape index (κ1) is 11.5. The van der Waals surface area contributed by atoms with Gasteiger partial charge in [0.15, 0.2) is 5.82 Å². The van der Waals surface area contributed by atoms with Gasteiger partial charge in [0.25, 0.3) is 0 Å². The highest BCUT2D eigenvalue weighted by Gasteiger charge is 2.10. The fourth-order valence-electron chi connectivity index (χ4n) is 1.60. The molecule has 86 valence electrons. The predicted molar refractivity (Wildman–Crippen MR) is 66.0 cm³/mol. The largest absolute Gasteiger partial charge is 0.290 e. The number of Topliss-reactive ketones (excluding diaryl/α,β-unsaturated/α-hetero) is 1. The zero-order valence-corrected chi connectivity index (χ0v) is 9.97. The average molecular weight is 226 g/mol. The Morgan fingerprint density at radius 1 is 1.12 bits per heavy atom. The van der Waals surface area contributed by atoms with E-state index in [2.05, 4.69) is 9.97 Å². The van der Waals surface area contributed by atoms with Crippen LogP contribution in [0.5, 0.6) is 0 Å². The second kappa shape index (κ2) is 4.87. The monoisotopic (exact) mass is 226 g/mol. The number of aryl methyl sites for hydroxylation is 2. The van der Waals surface area contributed by atoms with Gasteiger partial charge in [-0.25, -0.2) is 9.97 Å². The van der Waals surface area contributed by atoms with Crippen LogP contribution in [-0.2, 0) is 6.42 Å². The number of carbonyl (C=O) groups is 1. The normalized spacial score (nSPS) is 10.2. The predicted octanol–water partition coefficient (Wildman–Crippen LogP) is 2.52. The van der Waals surface area contributed by atoms with Gasteiger partial charge in [-0.3, -0.25) is 4.79 Å². The maximum Gasteiger partial charge on any atom is 0.204 e. The van der Waals surface area contributed by atoms with E-state index in [1.807, 2.05) is 38.1 Å². The molecule has 3 nitrogen and oxygen atoms in total. The lowest BCUT2D eigenvalue weighted by atomic mass is 10.0. The van der Waals surface area contributed by atoms with E-state index in [0.29, 0.717) is 12.2 Å². The highest BCUT2D eigenvalue weighted by Crippen LogP contribution is 2.09. The summed E-state index contributed by atoms with van der Waals surface area (Å²) in [6.45, 7) is 3.90. The molecule has 0 unspecified atom stereocenters. The number of nitrogens with zero attached hydrogens (tertiary/aromatic N) is 2. The number of hydrogen-bond acceptors (Lipinski definition) is 3. The number of rotatable bonds is 3. The van der Waals surface area contributed by atoms with Crippen molar-refractivity contribution in [2.75, 3.05) is 0 Å². The van der Waals surface area contributed by atoms with E-state index in [-0.39, 0.29) is 5.78 Å². The Balaban J connectivity index is 2.17. The first-order valence-electron chi connectivity index (χ1n) is 5.53. The minimum Gasteiger partial charge on any atom is -0.290 e. The van der Waals surface area contributed by atoms with Crippen molar-refractivity contribution in [3.63, 3.8) is 0 Å². The van der Waals surface area contributed by atoms with Crippen molar-refractivity contribution in [3.05, 3.63) is 59.2 Å². The van der Waals surface area contributed by atoms with Crippen LogP contribution in [0.2, 0.25) is 0 Å². The summed E-state index contributed by atoms with van der Waals surface area (Å²) in [4.78, 5) is 20.0. The maximum atomic E-state index is 12.0. The van der Waals surface area contributed by atoms with Gasteiger partial charge >= 0.3 is 0 Å². The Morgan fingerprint density at radius 3 is 2.41 bits per heavy atom. The Hall–Kier alpha value is -2.03. The summed E-state index contributed by atoms with van der Waals surface area (Å²) < 4.78 is 0. The van der Waals surface area contributed by atoms with Crippen LogP contribution in [0.1, 0.15) is 27.3 Å². The highest BCUT2D eigenvalue weighted by atomic mass is 16.1. The molecule has 0 fully saturated rings. The van der Waals surface area contributed by atoms with E-state index in [4.69, 9.17) is 0 Å². The molecule has 1 aromatic heterocycles. The molecule has 0 amide bonds. The molecule has 0 saturated carbocycles. The Labute approximate surface area is 101 Å². The lowest BCUT2D eigenvalue weighted by Crippen LogP contribution is -2.09. The van der Waals surface area contributed by atoms with Gasteiger partial charge in [0.1, 0.15) is 0 Å². The molecule has 0 saturated heterocycles. The molecule has 2 rings (SSSR count). The van der Waals surface area contributed by atoms with Crippen LogP contribution in [0, 0.1) is 13.8 Å². The van der Waals surface area contributed by atoms with E-state index in [0.717, 1.165) is 16.7 Å². The smallest absolute Gasteiger partial charge is 0.204 e. The molecule has 0 aliphatic rings. The highest BCUT2D eigenvalue weighted by molar-refractivity contribution is 5.94. The van der Waals surface area contributed by atoms with Gasteiger partial charge in [0.2, 0.25) is 5.78 Å². The minimum absolute atomic E-state index is 0.0423. The zero-order valence-electron chi connectivity index (χ0n) is 9.97. The molecular weight excluding hydrogens is 212 g/mol. The summed E-state index contributed by atoms with van der Waals surface area (Å²) in [6, 6.07) is 7.86. The van der Waals surface area contributed by atoms with Gasteiger partial charge < -0.3 is 0 Å². The van der Waals surface area contributed by atoms with Crippen molar-refractivity contribution in [2.45, 2.75) is 20.3 Å². The molecule has 0 spiro atoms. The van der Waals surface area contributed by atoms with Gasteiger partial charge in [-0.05, 0) is 30.5 Å². The summed E-state index contributed by atoms with van der Waals surface area (Å²) >= 11 is 0. The van der Waals surface area contributed by atoms with E-state index in [1.165, 1.54) is 0 Å². The van der Waals surface area contributed by atoms with Crippen LogP contribution in [0.4, 0.5) is 0 Å². The standard InChI is InChI=1S/C14H14N2O/c1-10-8-15-14(16-9-10)13(17)7-12-6-4-3-5-11(12)2/h3-6,8-9H,7H2,1-2H3. The molecule has 0 atom stereocenters. The molecule has 0 radical (unpaired) electrons. The fourth-order valence-corrected chi connectivity index (χ4v) is 1.60. The van der Waals surface area contributed by atoms with Crippen molar-refractivity contribution < 1.29 is 4.79 Å². The third-order valence-electron chi connectivity index (χ3n) is 2.64. The molecule has 1 aromatic carbocycles. The van der Waals surface area contributed by atoms with Crippen LogP contribution in [0.15, 0.2) is 36.7 Å². The molecule has 0 aliphatic heterocycles. The van der Waals surface area contributed by atoms with Gasteiger partial charge in [-0.15, -0.1) is 0 Å². The van der Waals surface area contributed by atoms with Crippen molar-refractivity contribution >= 4 is 5.78 Å². The maximum absolute atomic E-state index is 12.0. The van der Waals surface area contributed by atoms with Gasteiger partial charge in [-0.2, -0.15) is 0 Å². The number of carbonyl (C=O) groups excluding carboxylic acids is 1. The molecular formula is C14H14N2O. The first-order chi connectivity index (χ1) is 8.16. The fraction of sp³-hybridized carbons (Fsp3) is 0.214. The molecule has 1 heterocycles. The number of ketones is 1. The lowest BCUT2D eigenvalue weighted by molar-refractivity contribution is 0.0983. The average Bonchev–Trinajstić information content (AvgIpc) is 2.33. The SMILES string of the molecule is Cc1cnc(C(=O)Cc2ccccc2C)nc1. The van der Waals surface area contributed by atoms with Crippen molar-refractivity contribution in [1.82, 2.24) is 9.97 Å². The number of aromatic nitrogens is 2. The number of hydrogen-bond donors (Lipinski definition) is 0. The second-order valence-electron chi connectivity index (χ2n) is 4.11.